The first-order valence-electron chi connectivity index (χ1n) is 8.29. The first-order valence-corrected chi connectivity index (χ1v) is 8.67. The predicted octanol–water partition coefficient (Wildman–Crippen LogP) is 2.56. The van der Waals surface area contributed by atoms with Crippen LogP contribution < -0.4 is 15.4 Å². The number of rotatable bonds is 8. The van der Waals surface area contributed by atoms with Gasteiger partial charge in [0.2, 0.25) is 5.91 Å². The molecule has 7 heteroatoms. The quantitative estimate of drug-likeness (QED) is 0.704. The van der Waals surface area contributed by atoms with E-state index in [-0.39, 0.29) is 16.8 Å². The highest BCUT2D eigenvalue weighted by Gasteiger charge is 2.36. The molecule has 0 bridgehead atoms. The Morgan fingerprint density at radius 2 is 2.00 bits per heavy atom. The Hall–Kier alpha value is -1.82. The summed E-state index contributed by atoms with van der Waals surface area (Å²) in [7, 11) is 1.55. The lowest BCUT2D eigenvalue weighted by Crippen LogP contribution is -2.57. The van der Waals surface area contributed by atoms with Crippen LogP contribution >= 0.6 is 11.6 Å². The van der Waals surface area contributed by atoms with Gasteiger partial charge in [-0.2, -0.15) is 0 Å². The Kier molecular flexibility index (Phi) is 6.04. The maximum absolute atomic E-state index is 12.5. The Bertz CT molecular complexity index is 613. The summed E-state index contributed by atoms with van der Waals surface area (Å²) in [6.07, 6.45) is 3.32. The summed E-state index contributed by atoms with van der Waals surface area (Å²) in [4.78, 5) is 28.7. The van der Waals surface area contributed by atoms with Crippen molar-refractivity contribution in [2.75, 3.05) is 13.7 Å². The molecule has 1 aromatic heterocycles. The largest absolute Gasteiger partial charge is 0.490 e. The van der Waals surface area contributed by atoms with Gasteiger partial charge in [0.15, 0.2) is 10.9 Å². The van der Waals surface area contributed by atoms with Gasteiger partial charge in [-0.1, -0.05) is 25.4 Å². The SMILES string of the molecule is CCC(CC)(NC(=O)c1ccc(OCC2CC2)c(Cl)n1)C(=O)NC. The van der Waals surface area contributed by atoms with Crippen molar-refractivity contribution in [2.24, 2.45) is 5.92 Å². The van der Waals surface area contributed by atoms with Crippen LogP contribution in [0.1, 0.15) is 50.0 Å². The van der Waals surface area contributed by atoms with E-state index < -0.39 is 11.4 Å². The fourth-order valence-electron chi connectivity index (χ4n) is 2.47. The number of hydrogen-bond donors (Lipinski definition) is 2. The molecule has 1 aliphatic rings. The molecule has 1 aromatic rings. The molecule has 1 heterocycles. The van der Waals surface area contributed by atoms with E-state index in [2.05, 4.69) is 15.6 Å². The van der Waals surface area contributed by atoms with Crippen LogP contribution in [0.2, 0.25) is 5.15 Å². The second-order valence-corrected chi connectivity index (χ2v) is 6.42. The summed E-state index contributed by atoms with van der Waals surface area (Å²) in [6, 6.07) is 3.20. The lowest BCUT2D eigenvalue weighted by molar-refractivity contribution is -0.127. The maximum Gasteiger partial charge on any atom is 0.270 e. The van der Waals surface area contributed by atoms with Crippen molar-refractivity contribution in [1.29, 1.82) is 0 Å². The molecule has 2 amide bonds. The van der Waals surface area contributed by atoms with Gasteiger partial charge in [-0.05, 0) is 43.7 Å². The summed E-state index contributed by atoms with van der Waals surface area (Å²) in [5.41, 5.74) is -0.796. The van der Waals surface area contributed by atoms with Crippen molar-refractivity contribution in [1.82, 2.24) is 15.6 Å². The van der Waals surface area contributed by atoms with E-state index in [0.29, 0.717) is 31.1 Å². The second kappa shape index (κ2) is 7.83. The minimum Gasteiger partial charge on any atom is -0.490 e. The van der Waals surface area contributed by atoms with E-state index in [1.165, 1.54) is 12.8 Å². The van der Waals surface area contributed by atoms with Gasteiger partial charge in [-0.3, -0.25) is 9.59 Å². The smallest absolute Gasteiger partial charge is 0.270 e. The topological polar surface area (TPSA) is 80.3 Å². The fraction of sp³-hybridized carbons (Fsp3) is 0.588. The second-order valence-electron chi connectivity index (χ2n) is 6.06. The number of likely N-dealkylation sites (N-methyl/N-ethyl adjacent to an activating group) is 1. The molecule has 1 aliphatic carbocycles. The van der Waals surface area contributed by atoms with Crippen LogP contribution in [0, 0.1) is 5.92 Å². The highest BCUT2D eigenvalue weighted by molar-refractivity contribution is 6.31. The van der Waals surface area contributed by atoms with Crippen molar-refractivity contribution in [3.8, 4) is 5.75 Å². The molecule has 24 heavy (non-hydrogen) atoms. The number of hydrogen-bond acceptors (Lipinski definition) is 4. The van der Waals surface area contributed by atoms with Crippen molar-refractivity contribution < 1.29 is 14.3 Å². The number of carbonyl (C=O) groups excluding carboxylic acids is 2. The third-order valence-corrected chi connectivity index (χ3v) is 4.71. The van der Waals surface area contributed by atoms with Gasteiger partial charge in [0.05, 0.1) is 6.61 Å². The zero-order valence-corrected chi connectivity index (χ0v) is 15.1. The Morgan fingerprint density at radius 1 is 1.33 bits per heavy atom. The van der Waals surface area contributed by atoms with Crippen LogP contribution in [-0.2, 0) is 4.79 Å². The number of carbonyl (C=O) groups is 2. The number of amides is 2. The molecule has 2 rings (SSSR count). The van der Waals surface area contributed by atoms with Crippen molar-refractivity contribution in [2.45, 2.75) is 45.1 Å². The molecule has 0 aromatic carbocycles. The molecule has 1 fully saturated rings. The maximum atomic E-state index is 12.5. The minimum atomic E-state index is -0.957. The molecule has 0 atom stereocenters. The van der Waals surface area contributed by atoms with Crippen LogP contribution in [0.4, 0.5) is 0 Å². The zero-order valence-electron chi connectivity index (χ0n) is 14.3. The number of halogens is 1. The van der Waals surface area contributed by atoms with E-state index in [1.807, 2.05) is 13.8 Å². The molecule has 0 saturated heterocycles. The average molecular weight is 354 g/mol. The molecule has 1 saturated carbocycles. The van der Waals surface area contributed by atoms with E-state index in [0.717, 1.165) is 0 Å². The van der Waals surface area contributed by atoms with Crippen molar-refractivity contribution in [3.63, 3.8) is 0 Å². The number of aromatic nitrogens is 1. The third-order valence-electron chi connectivity index (χ3n) is 4.44. The lowest BCUT2D eigenvalue weighted by Gasteiger charge is -2.30. The van der Waals surface area contributed by atoms with Gasteiger partial charge in [0, 0.05) is 7.05 Å². The van der Waals surface area contributed by atoms with Crippen LogP contribution in [0.25, 0.3) is 0 Å². The van der Waals surface area contributed by atoms with Gasteiger partial charge in [-0.25, -0.2) is 4.98 Å². The molecule has 6 nitrogen and oxygen atoms in total. The van der Waals surface area contributed by atoms with Crippen molar-refractivity contribution >= 4 is 23.4 Å². The van der Waals surface area contributed by atoms with E-state index >= 15 is 0 Å². The van der Waals surface area contributed by atoms with Gasteiger partial charge in [-0.15, -0.1) is 0 Å². The van der Waals surface area contributed by atoms with Crippen LogP contribution in [0.3, 0.4) is 0 Å². The highest BCUT2D eigenvalue weighted by Crippen LogP contribution is 2.31. The molecular formula is C17H24ClN3O3. The third kappa shape index (κ3) is 4.17. The predicted molar refractivity (Wildman–Crippen MR) is 92.3 cm³/mol. The lowest BCUT2D eigenvalue weighted by atomic mass is 9.91. The van der Waals surface area contributed by atoms with E-state index in [1.54, 1.807) is 19.2 Å². The minimum absolute atomic E-state index is 0.154. The van der Waals surface area contributed by atoms with E-state index in [9.17, 15) is 9.59 Å². The van der Waals surface area contributed by atoms with Crippen LogP contribution in [0.5, 0.6) is 5.75 Å². The molecule has 0 spiro atoms. The average Bonchev–Trinajstić information content (AvgIpc) is 3.42. The first-order chi connectivity index (χ1) is 11.5. The summed E-state index contributed by atoms with van der Waals surface area (Å²) in [6.45, 7) is 4.33. The summed E-state index contributed by atoms with van der Waals surface area (Å²) >= 11 is 6.11. The highest BCUT2D eigenvalue weighted by atomic mass is 35.5. The standard InChI is InChI=1S/C17H24ClN3O3/c1-4-17(5-2,16(23)19-3)21-15(22)12-8-9-13(14(18)20-12)24-10-11-6-7-11/h8-9,11H,4-7,10H2,1-3H3,(H,19,23)(H,21,22). The Morgan fingerprint density at radius 3 is 2.50 bits per heavy atom. The van der Waals surface area contributed by atoms with Gasteiger partial charge >= 0.3 is 0 Å². The van der Waals surface area contributed by atoms with Gasteiger partial charge in [0.25, 0.3) is 5.91 Å². The Balaban J connectivity index is 2.10. The van der Waals surface area contributed by atoms with Crippen LogP contribution in [-0.4, -0.2) is 36.0 Å². The number of pyridine rings is 1. The number of nitrogens with one attached hydrogen (secondary N) is 2. The molecule has 0 radical (unpaired) electrons. The zero-order chi connectivity index (χ0) is 17.7. The normalized spacial score (nSPS) is 14.2. The molecule has 2 N–H and O–H groups in total. The number of ether oxygens (including phenoxy) is 1. The molecule has 132 valence electrons. The Labute approximate surface area is 147 Å². The van der Waals surface area contributed by atoms with Gasteiger partial charge in [0.1, 0.15) is 11.2 Å². The summed E-state index contributed by atoms with van der Waals surface area (Å²) in [5.74, 6) is 0.421. The van der Waals surface area contributed by atoms with Crippen molar-refractivity contribution in [3.05, 3.63) is 23.0 Å². The van der Waals surface area contributed by atoms with Crippen LogP contribution in [0.15, 0.2) is 12.1 Å². The monoisotopic (exact) mass is 353 g/mol. The molecule has 0 unspecified atom stereocenters. The number of nitrogens with zero attached hydrogens (tertiary/aromatic N) is 1. The summed E-state index contributed by atoms with van der Waals surface area (Å²) < 4.78 is 5.60. The summed E-state index contributed by atoms with van der Waals surface area (Å²) in [5, 5.41) is 5.54. The first kappa shape index (κ1) is 18.5. The molecular weight excluding hydrogens is 330 g/mol. The fourth-order valence-corrected chi connectivity index (χ4v) is 2.68. The molecule has 0 aliphatic heterocycles. The van der Waals surface area contributed by atoms with Gasteiger partial charge < -0.3 is 15.4 Å². The van der Waals surface area contributed by atoms with E-state index in [4.69, 9.17) is 16.3 Å².